The Hall–Kier alpha value is -1.89. The van der Waals surface area contributed by atoms with Crippen LogP contribution in [-0.2, 0) is 16.4 Å². The number of benzene rings is 2. The fraction of sp³-hybridized carbons (Fsp3) is 0.500. The molecule has 3 unspecified atom stereocenters. The summed E-state index contributed by atoms with van der Waals surface area (Å²) in [6, 6.07) is 16.3. The van der Waals surface area contributed by atoms with Crippen LogP contribution >= 0.6 is 0 Å². The predicted molar refractivity (Wildman–Crippen MR) is 120 cm³/mol. The van der Waals surface area contributed by atoms with Crippen LogP contribution < -0.4 is 14.9 Å². The molecule has 3 atom stereocenters. The van der Waals surface area contributed by atoms with Gasteiger partial charge in [-0.25, -0.2) is 8.42 Å². The van der Waals surface area contributed by atoms with Crippen molar-refractivity contribution in [3.05, 3.63) is 59.7 Å². The van der Waals surface area contributed by atoms with Crippen LogP contribution in [0, 0.1) is 5.92 Å². The topological polar surface area (TPSA) is 61.4 Å². The number of anilines is 1. The number of piperidine rings is 1. The Balaban J connectivity index is 1.27. The second-order valence-electron chi connectivity index (χ2n) is 9.02. The first-order chi connectivity index (χ1) is 14.5. The lowest BCUT2D eigenvalue weighted by Crippen LogP contribution is -2.41. The average molecular weight is 426 g/mol. The number of hydrogen-bond acceptors (Lipinski definition) is 4. The Labute approximate surface area is 179 Å². The zero-order valence-electron chi connectivity index (χ0n) is 17.5. The van der Waals surface area contributed by atoms with Gasteiger partial charge in [0.05, 0.1) is 10.6 Å². The molecular weight excluding hydrogens is 394 g/mol. The zero-order valence-corrected chi connectivity index (χ0v) is 18.4. The summed E-state index contributed by atoms with van der Waals surface area (Å²) < 4.78 is 27.7. The van der Waals surface area contributed by atoms with Gasteiger partial charge < -0.3 is 10.6 Å². The van der Waals surface area contributed by atoms with E-state index < -0.39 is 10.0 Å². The van der Waals surface area contributed by atoms with Crippen molar-refractivity contribution < 1.29 is 8.42 Å². The summed E-state index contributed by atoms with van der Waals surface area (Å²) in [5.74, 6) is 1.32. The van der Waals surface area contributed by atoms with Crippen molar-refractivity contribution >= 4 is 15.7 Å². The number of nitrogens with one attached hydrogen (secondary N) is 2. The highest BCUT2D eigenvalue weighted by Gasteiger charge is 2.41. The third-order valence-corrected chi connectivity index (χ3v) is 8.90. The van der Waals surface area contributed by atoms with E-state index in [0.717, 1.165) is 36.7 Å². The maximum atomic E-state index is 13.1. The van der Waals surface area contributed by atoms with E-state index in [1.165, 1.54) is 24.8 Å². The summed E-state index contributed by atoms with van der Waals surface area (Å²) in [5.41, 5.74) is 3.35. The molecule has 1 saturated heterocycles. The number of fused-ring (bicyclic) bond motifs is 1. The molecule has 2 heterocycles. The monoisotopic (exact) mass is 425 g/mol. The highest BCUT2D eigenvalue weighted by molar-refractivity contribution is 7.92. The number of sulfonamides is 1. The van der Waals surface area contributed by atoms with Crippen LogP contribution in [-0.4, -0.2) is 40.1 Å². The molecule has 1 saturated carbocycles. The Kier molecular flexibility index (Phi) is 5.33. The quantitative estimate of drug-likeness (QED) is 0.746. The van der Waals surface area contributed by atoms with Crippen LogP contribution in [0.5, 0.6) is 0 Å². The Bertz CT molecular complexity index is 1000. The van der Waals surface area contributed by atoms with Crippen LogP contribution in [0.2, 0.25) is 0 Å². The second-order valence-corrected chi connectivity index (χ2v) is 10.9. The molecule has 0 radical (unpaired) electrons. The van der Waals surface area contributed by atoms with Crippen molar-refractivity contribution in [1.82, 2.24) is 10.6 Å². The fourth-order valence-electron chi connectivity index (χ4n) is 5.16. The minimum atomic E-state index is -3.49. The first kappa shape index (κ1) is 20.0. The molecule has 1 aliphatic carbocycles. The van der Waals surface area contributed by atoms with Gasteiger partial charge in [-0.05, 0) is 80.9 Å². The first-order valence-electron chi connectivity index (χ1n) is 11.2. The number of hydrogen-bond donors (Lipinski definition) is 2. The molecule has 30 heavy (non-hydrogen) atoms. The summed E-state index contributed by atoms with van der Waals surface area (Å²) >= 11 is 0. The van der Waals surface area contributed by atoms with Gasteiger partial charge in [0.15, 0.2) is 0 Å². The summed E-state index contributed by atoms with van der Waals surface area (Å²) in [6.45, 7) is 5.13. The van der Waals surface area contributed by atoms with E-state index in [1.807, 2.05) is 12.1 Å². The fourth-order valence-corrected chi connectivity index (χ4v) is 6.68. The summed E-state index contributed by atoms with van der Waals surface area (Å²) in [6.07, 6.45) is 4.48. The normalized spacial score (nSPS) is 25.2. The van der Waals surface area contributed by atoms with E-state index in [9.17, 15) is 8.42 Å². The van der Waals surface area contributed by atoms with Gasteiger partial charge in [-0.1, -0.05) is 30.3 Å². The minimum absolute atomic E-state index is 0.361. The molecule has 5 rings (SSSR count). The Morgan fingerprint density at radius 1 is 1.10 bits per heavy atom. The molecule has 3 aliphatic rings. The van der Waals surface area contributed by atoms with Gasteiger partial charge in [0, 0.05) is 24.5 Å². The van der Waals surface area contributed by atoms with E-state index in [4.69, 9.17) is 0 Å². The summed E-state index contributed by atoms with van der Waals surface area (Å²) in [7, 11) is -3.49. The van der Waals surface area contributed by atoms with Crippen LogP contribution in [0.3, 0.4) is 0 Å². The maximum absolute atomic E-state index is 13.1. The number of rotatable bonds is 6. The molecular formula is C24H31N3O2S. The van der Waals surface area contributed by atoms with Gasteiger partial charge in [0.2, 0.25) is 0 Å². The highest BCUT2D eigenvalue weighted by atomic mass is 32.2. The van der Waals surface area contributed by atoms with Gasteiger partial charge in [0.25, 0.3) is 10.0 Å². The van der Waals surface area contributed by atoms with Crippen molar-refractivity contribution in [2.45, 2.75) is 55.5 Å². The molecule has 2 aromatic rings. The molecule has 0 bridgehead atoms. The molecule has 160 valence electrons. The van der Waals surface area contributed by atoms with Crippen LogP contribution in [0.25, 0.3) is 0 Å². The standard InChI is InChI=1S/C24H31N3O2S/c1-17(18-9-12-25-13-10-18)26-23-16-22(23)19-7-8-24-20(15-19)11-14-27(24)30(28,29)21-5-3-2-4-6-21/h2-8,15,17-18,22-23,25-26H,9-14,16H2,1H3. The van der Waals surface area contributed by atoms with Crippen LogP contribution in [0.1, 0.15) is 43.2 Å². The van der Waals surface area contributed by atoms with E-state index in [0.29, 0.717) is 29.4 Å². The predicted octanol–water partition coefficient (Wildman–Crippen LogP) is 3.27. The zero-order chi connectivity index (χ0) is 20.7. The van der Waals surface area contributed by atoms with Crippen molar-refractivity contribution in [2.75, 3.05) is 23.9 Å². The highest BCUT2D eigenvalue weighted by Crippen LogP contribution is 2.44. The van der Waals surface area contributed by atoms with Gasteiger partial charge in [0.1, 0.15) is 0 Å². The molecule has 0 aromatic heterocycles. The molecule has 2 N–H and O–H groups in total. The van der Waals surface area contributed by atoms with Crippen molar-refractivity contribution in [3.8, 4) is 0 Å². The van der Waals surface area contributed by atoms with Crippen LogP contribution in [0.15, 0.2) is 53.4 Å². The summed E-state index contributed by atoms with van der Waals surface area (Å²) in [5, 5.41) is 7.31. The molecule has 5 nitrogen and oxygen atoms in total. The van der Waals surface area contributed by atoms with Crippen molar-refractivity contribution in [2.24, 2.45) is 5.92 Å². The third kappa shape index (κ3) is 3.77. The smallest absolute Gasteiger partial charge is 0.264 e. The number of nitrogens with zero attached hydrogens (tertiary/aromatic N) is 1. The molecule has 0 spiro atoms. The van der Waals surface area contributed by atoms with Gasteiger partial charge in [-0.15, -0.1) is 0 Å². The SMILES string of the molecule is CC(NC1CC1c1ccc2c(c1)CCN2S(=O)(=O)c1ccccc1)C1CCNCC1. The largest absolute Gasteiger partial charge is 0.317 e. The Morgan fingerprint density at radius 2 is 1.87 bits per heavy atom. The first-order valence-corrected chi connectivity index (χ1v) is 12.7. The van der Waals surface area contributed by atoms with E-state index in [1.54, 1.807) is 28.6 Å². The minimum Gasteiger partial charge on any atom is -0.317 e. The van der Waals surface area contributed by atoms with Crippen molar-refractivity contribution in [1.29, 1.82) is 0 Å². The molecule has 0 amide bonds. The lowest BCUT2D eigenvalue weighted by molar-refractivity contribution is 0.291. The van der Waals surface area contributed by atoms with Gasteiger partial charge in [-0.2, -0.15) is 0 Å². The maximum Gasteiger partial charge on any atom is 0.264 e. The molecule has 6 heteroatoms. The molecule has 2 aliphatic heterocycles. The lowest BCUT2D eigenvalue weighted by atomic mass is 9.91. The van der Waals surface area contributed by atoms with Gasteiger partial charge >= 0.3 is 0 Å². The average Bonchev–Trinajstić information content (AvgIpc) is 3.40. The summed E-state index contributed by atoms with van der Waals surface area (Å²) in [4.78, 5) is 0.361. The molecule has 2 fully saturated rings. The van der Waals surface area contributed by atoms with Crippen molar-refractivity contribution in [3.63, 3.8) is 0 Å². The molecule has 2 aromatic carbocycles. The Morgan fingerprint density at radius 3 is 2.63 bits per heavy atom. The second kappa shape index (κ2) is 7.98. The third-order valence-electron chi connectivity index (χ3n) is 7.07. The van der Waals surface area contributed by atoms with E-state index in [2.05, 4.69) is 29.7 Å². The lowest BCUT2D eigenvalue weighted by Gasteiger charge is -2.29. The van der Waals surface area contributed by atoms with Crippen LogP contribution in [0.4, 0.5) is 5.69 Å². The van der Waals surface area contributed by atoms with E-state index >= 15 is 0 Å². The van der Waals surface area contributed by atoms with E-state index in [-0.39, 0.29) is 0 Å². The van der Waals surface area contributed by atoms with Gasteiger partial charge in [-0.3, -0.25) is 4.31 Å².